The highest BCUT2D eigenvalue weighted by Crippen LogP contribution is 2.28. The van der Waals surface area contributed by atoms with Crippen LogP contribution in [-0.2, 0) is 0 Å². The largest absolute Gasteiger partial charge is 0.497 e. The summed E-state index contributed by atoms with van der Waals surface area (Å²) in [5.41, 5.74) is 0.586. The Morgan fingerprint density at radius 3 is 2.43 bits per heavy atom. The van der Waals surface area contributed by atoms with Crippen LogP contribution in [0.3, 0.4) is 0 Å². The molecule has 1 aromatic heterocycles. The minimum absolute atomic E-state index is 0.0788. The van der Waals surface area contributed by atoms with Crippen LogP contribution in [0.4, 0.5) is 0 Å². The quantitative estimate of drug-likeness (QED) is 0.567. The number of aromatic nitrogens is 1. The average Bonchev–Trinajstić information content (AvgIpc) is 2.75. The normalized spacial score (nSPS) is 10.4. The second-order valence-electron chi connectivity index (χ2n) is 6.02. The molecular weight excluding hydrogens is 372 g/mol. The van der Waals surface area contributed by atoms with Crippen LogP contribution in [0.5, 0.6) is 11.5 Å². The van der Waals surface area contributed by atoms with E-state index < -0.39 is 0 Å². The molecule has 6 heteroatoms. The van der Waals surface area contributed by atoms with Crippen molar-refractivity contribution in [3.8, 4) is 11.5 Å². The summed E-state index contributed by atoms with van der Waals surface area (Å²) in [4.78, 5) is 20.0. The van der Waals surface area contributed by atoms with Crippen molar-refractivity contribution < 1.29 is 14.3 Å². The predicted molar refractivity (Wildman–Crippen MR) is 110 cm³/mol. The number of ether oxygens (including phenoxy) is 2. The molecular formula is C22H22N2O3S. The molecule has 1 amide bonds. The molecule has 3 rings (SSSR count). The Morgan fingerprint density at radius 1 is 1.00 bits per heavy atom. The van der Waals surface area contributed by atoms with Gasteiger partial charge in [0, 0.05) is 18.1 Å². The zero-order chi connectivity index (χ0) is 19.8. The molecule has 5 nitrogen and oxygen atoms in total. The zero-order valence-electron chi connectivity index (χ0n) is 15.9. The number of pyridine rings is 1. The molecule has 0 bridgehead atoms. The van der Waals surface area contributed by atoms with Gasteiger partial charge in [-0.2, -0.15) is 0 Å². The monoisotopic (exact) mass is 394 g/mol. The van der Waals surface area contributed by atoms with Crippen molar-refractivity contribution in [3.05, 3.63) is 78.5 Å². The van der Waals surface area contributed by atoms with Crippen molar-refractivity contribution in [2.24, 2.45) is 0 Å². The third kappa shape index (κ3) is 5.27. The Kier molecular flexibility index (Phi) is 6.92. The van der Waals surface area contributed by atoms with Crippen molar-refractivity contribution in [2.45, 2.75) is 9.92 Å². The van der Waals surface area contributed by atoms with Crippen molar-refractivity contribution in [2.75, 3.05) is 27.3 Å². The van der Waals surface area contributed by atoms with Crippen LogP contribution in [0.25, 0.3) is 0 Å². The lowest BCUT2D eigenvalue weighted by Gasteiger charge is -2.19. The standard InChI is InChI=1S/C22H22N2O3S/c1-24(15-16-27-18-12-10-17(26-2)11-13-18)22(25)20-9-6-14-23-21(20)28-19-7-4-3-5-8-19/h3-14H,15-16H2,1-2H3. The summed E-state index contributed by atoms with van der Waals surface area (Å²) in [6.07, 6.45) is 1.70. The lowest BCUT2D eigenvalue weighted by atomic mass is 10.2. The summed E-state index contributed by atoms with van der Waals surface area (Å²) < 4.78 is 10.8. The van der Waals surface area contributed by atoms with Crippen LogP contribution in [0.1, 0.15) is 10.4 Å². The van der Waals surface area contributed by atoms with E-state index >= 15 is 0 Å². The summed E-state index contributed by atoms with van der Waals surface area (Å²) >= 11 is 1.48. The summed E-state index contributed by atoms with van der Waals surface area (Å²) in [6, 6.07) is 20.9. The van der Waals surface area contributed by atoms with E-state index in [0.29, 0.717) is 23.7 Å². The molecule has 0 atom stereocenters. The number of hydrogen-bond acceptors (Lipinski definition) is 5. The summed E-state index contributed by atoms with van der Waals surface area (Å²) in [5.74, 6) is 1.44. The van der Waals surface area contributed by atoms with Gasteiger partial charge >= 0.3 is 0 Å². The van der Waals surface area contributed by atoms with Crippen molar-refractivity contribution in [1.29, 1.82) is 0 Å². The number of hydrogen-bond donors (Lipinski definition) is 0. The van der Waals surface area contributed by atoms with E-state index in [4.69, 9.17) is 9.47 Å². The van der Waals surface area contributed by atoms with Gasteiger partial charge in [0.2, 0.25) is 0 Å². The first kappa shape index (κ1) is 19.8. The van der Waals surface area contributed by atoms with Gasteiger partial charge < -0.3 is 14.4 Å². The minimum atomic E-state index is -0.0788. The smallest absolute Gasteiger partial charge is 0.256 e. The second kappa shape index (κ2) is 9.80. The zero-order valence-corrected chi connectivity index (χ0v) is 16.7. The highest BCUT2D eigenvalue weighted by atomic mass is 32.2. The highest BCUT2D eigenvalue weighted by Gasteiger charge is 2.17. The minimum Gasteiger partial charge on any atom is -0.497 e. The molecule has 144 valence electrons. The molecule has 0 aliphatic rings. The van der Waals surface area contributed by atoms with E-state index in [1.807, 2.05) is 54.6 Å². The molecule has 3 aromatic rings. The SMILES string of the molecule is COc1ccc(OCCN(C)C(=O)c2cccnc2Sc2ccccc2)cc1. The van der Waals surface area contributed by atoms with Gasteiger partial charge in [-0.05, 0) is 48.5 Å². The summed E-state index contributed by atoms with van der Waals surface area (Å²) in [7, 11) is 3.39. The summed E-state index contributed by atoms with van der Waals surface area (Å²) in [5, 5.41) is 0.696. The van der Waals surface area contributed by atoms with Gasteiger partial charge in [0.05, 0.1) is 19.2 Å². The lowest BCUT2D eigenvalue weighted by Crippen LogP contribution is -2.31. The maximum atomic E-state index is 12.9. The number of carbonyl (C=O) groups excluding carboxylic acids is 1. The molecule has 0 saturated heterocycles. The van der Waals surface area contributed by atoms with E-state index in [1.165, 1.54) is 11.8 Å². The molecule has 0 aliphatic heterocycles. The van der Waals surface area contributed by atoms with Crippen molar-refractivity contribution in [1.82, 2.24) is 9.88 Å². The predicted octanol–water partition coefficient (Wildman–Crippen LogP) is 4.39. The fraction of sp³-hybridized carbons (Fsp3) is 0.182. The third-order valence-electron chi connectivity index (χ3n) is 4.06. The number of benzene rings is 2. The summed E-state index contributed by atoms with van der Waals surface area (Å²) in [6.45, 7) is 0.866. The molecule has 0 aliphatic carbocycles. The van der Waals surface area contributed by atoms with Crippen LogP contribution < -0.4 is 9.47 Å². The molecule has 0 fully saturated rings. The first-order chi connectivity index (χ1) is 13.7. The molecule has 0 spiro atoms. The molecule has 0 unspecified atom stereocenters. The molecule has 1 heterocycles. The van der Waals surface area contributed by atoms with Gasteiger partial charge in [0.1, 0.15) is 23.1 Å². The fourth-order valence-corrected chi connectivity index (χ4v) is 3.41. The number of carbonyl (C=O) groups is 1. The topological polar surface area (TPSA) is 51.7 Å². The van der Waals surface area contributed by atoms with Crippen LogP contribution in [0, 0.1) is 0 Å². The Bertz CT molecular complexity index is 901. The first-order valence-electron chi connectivity index (χ1n) is 8.87. The maximum absolute atomic E-state index is 12.9. The van der Waals surface area contributed by atoms with Crippen LogP contribution >= 0.6 is 11.8 Å². The molecule has 28 heavy (non-hydrogen) atoms. The number of likely N-dealkylation sites (N-methyl/N-ethyl adjacent to an activating group) is 1. The number of rotatable bonds is 8. The van der Waals surface area contributed by atoms with Gasteiger partial charge in [-0.15, -0.1) is 0 Å². The number of nitrogens with zero attached hydrogens (tertiary/aromatic N) is 2. The molecule has 0 N–H and O–H groups in total. The molecule has 2 aromatic carbocycles. The van der Waals surface area contributed by atoms with Crippen molar-refractivity contribution >= 4 is 17.7 Å². The Labute approximate surface area is 169 Å². The highest BCUT2D eigenvalue weighted by molar-refractivity contribution is 7.99. The van der Waals surface area contributed by atoms with E-state index in [1.54, 1.807) is 37.4 Å². The van der Waals surface area contributed by atoms with Crippen LogP contribution in [-0.4, -0.2) is 43.1 Å². The van der Waals surface area contributed by atoms with E-state index in [0.717, 1.165) is 16.4 Å². The van der Waals surface area contributed by atoms with E-state index in [2.05, 4.69) is 4.98 Å². The van der Waals surface area contributed by atoms with E-state index in [9.17, 15) is 4.79 Å². The van der Waals surface area contributed by atoms with Crippen molar-refractivity contribution in [3.63, 3.8) is 0 Å². The Balaban J connectivity index is 1.59. The molecule has 0 radical (unpaired) electrons. The Hall–Kier alpha value is -2.99. The van der Waals surface area contributed by atoms with Crippen LogP contribution in [0.15, 0.2) is 82.8 Å². The third-order valence-corrected chi connectivity index (χ3v) is 5.09. The van der Waals surface area contributed by atoms with Crippen LogP contribution in [0.2, 0.25) is 0 Å². The first-order valence-corrected chi connectivity index (χ1v) is 9.69. The average molecular weight is 394 g/mol. The molecule has 0 saturated carbocycles. The maximum Gasteiger partial charge on any atom is 0.256 e. The van der Waals surface area contributed by atoms with E-state index in [-0.39, 0.29) is 5.91 Å². The van der Waals surface area contributed by atoms with Gasteiger partial charge in [-0.25, -0.2) is 4.98 Å². The number of methoxy groups -OCH3 is 1. The van der Waals surface area contributed by atoms with Gasteiger partial charge in [-0.1, -0.05) is 30.0 Å². The van der Waals surface area contributed by atoms with Gasteiger partial charge in [0.25, 0.3) is 5.91 Å². The lowest BCUT2D eigenvalue weighted by molar-refractivity contribution is 0.0769. The van der Waals surface area contributed by atoms with Gasteiger partial charge in [-0.3, -0.25) is 4.79 Å². The fourth-order valence-electron chi connectivity index (χ4n) is 2.51. The van der Waals surface area contributed by atoms with Gasteiger partial charge in [0.15, 0.2) is 0 Å². The second-order valence-corrected chi connectivity index (χ2v) is 7.08. The number of amides is 1. The Morgan fingerprint density at radius 2 is 1.71 bits per heavy atom.